The van der Waals surface area contributed by atoms with Gasteiger partial charge in [0.1, 0.15) is 6.10 Å². The lowest BCUT2D eigenvalue weighted by atomic mass is 10.1. The minimum atomic E-state index is -0.238. The quantitative estimate of drug-likeness (QED) is 0.724. The van der Waals surface area contributed by atoms with Gasteiger partial charge >= 0.3 is 5.97 Å². The fourth-order valence-electron chi connectivity index (χ4n) is 1.63. The standard InChI is InChI=1S/C12H12O2S/c1-8(14-9(2)13)11-7-15-12-6-4-3-5-10(11)12/h3-8H,1-2H3. The summed E-state index contributed by atoms with van der Waals surface area (Å²) in [7, 11) is 0. The smallest absolute Gasteiger partial charge is 0.303 e. The van der Waals surface area contributed by atoms with E-state index in [2.05, 4.69) is 17.5 Å². The number of hydrogen-bond acceptors (Lipinski definition) is 3. The Bertz CT molecular complexity index is 487. The molecule has 0 bridgehead atoms. The Hall–Kier alpha value is -1.35. The lowest BCUT2D eigenvalue weighted by Gasteiger charge is -2.10. The van der Waals surface area contributed by atoms with Crippen LogP contribution in [0.5, 0.6) is 0 Å². The van der Waals surface area contributed by atoms with Crippen LogP contribution < -0.4 is 0 Å². The Kier molecular flexibility index (Phi) is 2.73. The largest absolute Gasteiger partial charge is 0.458 e. The first kappa shape index (κ1) is 10.2. The molecule has 1 atom stereocenters. The predicted molar refractivity (Wildman–Crippen MR) is 62.0 cm³/mol. The van der Waals surface area contributed by atoms with Crippen LogP contribution in [0.1, 0.15) is 25.5 Å². The number of fused-ring (bicyclic) bond motifs is 1. The van der Waals surface area contributed by atoms with Crippen molar-refractivity contribution in [3.05, 3.63) is 35.2 Å². The number of carbonyl (C=O) groups excluding carboxylic acids is 1. The van der Waals surface area contributed by atoms with Crippen molar-refractivity contribution in [1.82, 2.24) is 0 Å². The third-order valence-electron chi connectivity index (χ3n) is 2.29. The minimum Gasteiger partial charge on any atom is -0.458 e. The van der Waals surface area contributed by atoms with E-state index in [1.54, 1.807) is 11.3 Å². The van der Waals surface area contributed by atoms with Crippen LogP contribution in [0.4, 0.5) is 0 Å². The molecule has 1 unspecified atom stereocenters. The Morgan fingerprint density at radius 2 is 2.13 bits per heavy atom. The molecule has 0 saturated carbocycles. The molecule has 3 heteroatoms. The van der Waals surface area contributed by atoms with Gasteiger partial charge < -0.3 is 4.74 Å². The first-order valence-electron chi connectivity index (χ1n) is 4.82. The molecule has 78 valence electrons. The van der Waals surface area contributed by atoms with Gasteiger partial charge in [-0.25, -0.2) is 0 Å². The summed E-state index contributed by atoms with van der Waals surface area (Å²) in [6.45, 7) is 3.33. The summed E-state index contributed by atoms with van der Waals surface area (Å²) < 4.78 is 6.40. The van der Waals surface area contributed by atoms with E-state index in [-0.39, 0.29) is 12.1 Å². The molecule has 15 heavy (non-hydrogen) atoms. The van der Waals surface area contributed by atoms with Crippen molar-refractivity contribution in [3.63, 3.8) is 0 Å². The van der Waals surface area contributed by atoms with Gasteiger partial charge in [0, 0.05) is 17.2 Å². The number of ether oxygens (including phenoxy) is 1. The zero-order chi connectivity index (χ0) is 10.8. The van der Waals surface area contributed by atoms with Gasteiger partial charge in [-0.1, -0.05) is 18.2 Å². The van der Waals surface area contributed by atoms with Crippen molar-refractivity contribution in [2.75, 3.05) is 0 Å². The monoisotopic (exact) mass is 220 g/mol. The normalized spacial score (nSPS) is 12.7. The first-order valence-corrected chi connectivity index (χ1v) is 5.70. The van der Waals surface area contributed by atoms with Crippen molar-refractivity contribution in [3.8, 4) is 0 Å². The van der Waals surface area contributed by atoms with Gasteiger partial charge in [-0.15, -0.1) is 11.3 Å². The van der Waals surface area contributed by atoms with Crippen LogP contribution in [0.2, 0.25) is 0 Å². The molecule has 1 aromatic carbocycles. The number of thiophene rings is 1. The topological polar surface area (TPSA) is 26.3 Å². The highest BCUT2D eigenvalue weighted by Crippen LogP contribution is 2.31. The lowest BCUT2D eigenvalue weighted by molar-refractivity contribution is -0.145. The van der Waals surface area contributed by atoms with Crippen molar-refractivity contribution in [2.45, 2.75) is 20.0 Å². The summed E-state index contributed by atoms with van der Waals surface area (Å²) in [5.41, 5.74) is 1.09. The van der Waals surface area contributed by atoms with Gasteiger partial charge in [-0.2, -0.15) is 0 Å². The van der Waals surface area contributed by atoms with Gasteiger partial charge in [-0.05, 0) is 23.8 Å². The average Bonchev–Trinajstić information content (AvgIpc) is 2.59. The minimum absolute atomic E-state index is 0.168. The Morgan fingerprint density at radius 3 is 2.87 bits per heavy atom. The van der Waals surface area contributed by atoms with E-state index < -0.39 is 0 Å². The molecule has 2 nitrogen and oxygen atoms in total. The van der Waals surface area contributed by atoms with Gasteiger partial charge in [0.15, 0.2) is 0 Å². The van der Waals surface area contributed by atoms with E-state index in [1.165, 1.54) is 17.0 Å². The summed E-state index contributed by atoms with van der Waals surface area (Å²) in [4.78, 5) is 10.9. The molecule has 0 aliphatic carbocycles. The molecular weight excluding hydrogens is 208 g/mol. The van der Waals surface area contributed by atoms with E-state index >= 15 is 0 Å². The summed E-state index contributed by atoms with van der Waals surface area (Å²) in [6.07, 6.45) is -0.168. The fraction of sp³-hybridized carbons (Fsp3) is 0.250. The number of rotatable bonds is 2. The SMILES string of the molecule is CC(=O)OC(C)c1csc2ccccc12. The van der Waals surface area contributed by atoms with Gasteiger partial charge in [0.05, 0.1) is 0 Å². The van der Waals surface area contributed by atoms with Crippen LogP contribution in [-0.4, -0.2) is 5.97 Å². The molecule has 0 N–H and O–H groups in total. The van der Waals surface area contributed by atoms with Crippen LogP contribution >= 0.6 is 11.3 Å². The molecule has 2 aromatic rings. The molecule has 0 aliphatic rings. The Labute approximate surface area is 92.5 Å². The van der Waals surface area contributed by atoms with Crippen molar-refractivity contribution < 1.29 is 9.53 Å². The predicted octanol–water partition coefficient (Wildman–Crippen LogP) is 3.53. The lowest BCUT2D eigenvalue weighted by Crippen LogP contribution is -2.03. The average molecular weight is 220 g/mol. The Morgan fingerprint density at radius 1 is 1.40 bits per heavy atom. The second kappa shape index (κ2) is 4.03. The Balaban J connectivity index is 2.39. The van der Waals surface area contributed by atoms with Gasteiger partial charge in [0.25, 0.3) is 0 Å². The van der Waals surface area contributed by atoms with E-state index in [4.69, 9.17) is 4.74 Å². The molecule has 2 rings (SSSR count). The van der Waals surface area contributed by atoms with Crippen LogP contribution in [-0.2, 0) is 9.53 Å². The number of carbonyl (C=O) groups is 1. The van der Waals surface area contributed by atoms with E-state index in [0.29, 0.717) is 0 Å². The molecule has 0 saturated heterocycles. The zero-order valence-corrected chi connectivity index (χ0v) is 9.51. The second-order valence-corrected chi connectivity index (χ2v) is 4.35. The summed E-state index contributed by atoms with van der Waals surface area (Å²) in [5.74, 6) is -0.238. The maximum atomic E-state index is 10.9. The van der Waals surface area contributed by atoms with Crippen LogP contribution in [0.15, 0.2) is 29.6 Å². The molecule has 0 radical (unpaired) electrons. The van der Waals surface area contributed by atoms with Crippen molar-refractivity contribution >= 4 is 27.4 Å². The van der Waals surface area contributed by atoms with Crippen LogP contribution in [0.25, 0.3) is 10.1 Å². The highest BCUT2D eigenvalue weighted by Gasteiger charge is 2.13. The van der Waals surface area contributed by atoms with E-state index in [0.717, 1.165) is 5.56 Å². The third-order valence-corrected chi connectivity index (χ3v) is 3.27. The number of benzene rings is 1. The summed E-state index contributed by atoms with van der Waals surface area (Å²) >= 11 is 1.68. The van der Waals surface area contributed by atoms with Crippen LogP contribution in [0, 0.1) is 0 Å². The molecule has 0 amide bonds. The molecule has 1 heterocycles. The van der Waals surface area contributed by atoms with E-state index in [9.17, 15) is 4.79 Å². The van der Waals surface area contributed by atoms with Gasteiger partial charge in [0.2, 0.25) is 0 Å². The van der Waals surface area contributed by atoms with Crippen molar-refractivity contribution in [1.29, 1.82) is 0 Å². The van der Waals surface area contributed by atoms with E-state index in [1.807, 2.05) is 19.1 Å². The first-order chi connectivity index (χ1) is 7.18. The number of hydrogen-bond donors (Lipinski definition) is 0. The molecule has 0 spiro atoms. The zero-order valence-electron chi connectivity index (χ0n) is 8.69. The molecule has 1 aromatic heterocycles. The second-order valence-electron chi connectivity index (χ2n) is 3.44. The van der Waals surface area contributed by atoms with Gasteiger partial charge in [-0.3, -0.25) is 4.79 Å². The maximum absolute atomic E-state index is 10.9. The third kappa shape index (κ3) is 2.02. The number of esters is 1. The summed E-state index contributed by atoms with van der Waals surface area (Å²) in [6, 6.07) is 8.14. The molecule has 0 aliphatic heterocycles. The molecular formula is C12H12O2S. The highest BCUT2D eigenvalue weighted by molar-refractivity contribution is 7.17. The molecule has 0 fully saturated rings. The van der Waals surface area contributed by atoms with Crippen molar-refractivity contribution in [2.24, 2.45) is 0 Å². The van der Waals surface area contributed by atoms with Crippen LogP contribution in [0.3, 0.4) is 0 Å². The summed E-state index contributed by atoms with van der Waals surface area (Å²) in [5, 5.41) is 3.23. The highest BCUT2D eigenvalue weighted by atomic mass is 32.1. The maximum Gasteiger partial charge on any atom is 0.303 e. The fourth-order valence-corrected chi connectivity index (χ4v) is 2.67.